The van der Waals surface area contributed by atoms with Crippen molar-refractivity contribution in [2.24, 2.45) is 5.92 Å². The second-order valence-electron chi connectivity index (χ2n) is 6.77. The molecule has 0 aromatic heterocycles. The molecule has 2 atom stereocenters. The van der Waals surface area contributed by atoms with Gasteiger partial charge < -0.3 is 15.0 Å². The Morgan fingerprint density at radius 2 is 2.05 bits per heavy atom. The topological polar surface area (TPSA) is 61.9 Å². The zero-order valence-electron chi connectivity index (χ0n) is 14.6. The van der Waals surface area contributed by atoms with Gasteiger partial charge in [0.25, 0.3) is 0 Å². The van der Waals surface area contributed by atoms with Crippen molar-refractivity contribution in [2.75, 3.05) is 40.8 Å². The van der Waals surface area contributed by atoms with E-state index in [1.807, 2.05) is 13.8 Å². The number of esters is 1. The highest BCUT2D eigenvalue weighted by Crippen LogP contribution is 2.13. The standard InChI is InChI=1S/C16H31N3O3/c1-12(2)9-14(16(21)22-5)17-15(20)11-19-8-6-7-13(10-19)18(3)4/h12-14H,6-11H2,1-5H3,(H,17,20). The maximum absolute atomic E-state index is 12.2. The Labute approximate surface area is 134 Å². The number of ether oxygens (including phenoxy) is 1. The van der Waals surface area contributed by atoms with Gasteiger partial charge in [-0.25, -0.2) is 4.79 Å². The quantitative estimate of drug-likeness (QED) is 0.702. The summed E-state index contributed by atoms with van der Waals surface area (Å²) >= 11 is 0. The van der Waals surface area contributed by atoms with Crippen LogP contribution in [0.25, 0.3) is 0 Å². The third-order valence-electron chi connectivity index (χ3n) is 4.11. The molecule has 0 radical (unpaired) electrons. The number of carbonyl (C=O) groups excluding carboxylic acids is 2. The van der Waals surface area contributed by atoms with Crippen molar-refractivity contribution in [1.82, 2.24) is 15.1 Å². The maximum Gasteiger partial charge on any atom is 0.328 e. The van der Waals surface area contributed by atoms with Crippen molar-refractivity contribution in [3.8, 4) is 0 Å². The summed E-state index contributed by atoms with van der Waals surface area (Å²) in [6, 6.07) is -0.0550. The summed E-state index contributed by atoms with van der Waals surface area (Å²) in [5.41, 5.74) is 0. The summed E-state index contributed by atoms with van der Waals surface area (Å²) in [4.78, 5) is 28.4. The van der Waals surface area contributed by atoms with Crippen LogP contribution in [0.2, 0.25) is 0 Å². The summed E-state index contributed by atoms with van der Waals surface area (Å²) in [6.07, 6.45) is 2.87. The van der Waals surface area contributed by atoms with Gasteiger partial charge in [-0.05, 0) is 45.8 Å². The van der Waals surface area contributed by atoms with Crippen LogP contribution in [0.3, 0.4) is 0 Å². The number of rotatable bonds is 7. The molecule has 22 heavy (non-hydrogen) atoms. The lowest BCUT2D eigenvalue weighted by atomic mass is 10.0. The zero-order valence-corrected chi connectivity index (χ0v) is 14.6. The minimum absolute atomic E-state index is 0.101. The smallest absolute Gasteiger partial charge is 0.328 e. The number of carbonyl (C=O) groups is 2. The first-order chi connectivity index (χ1) is 10.3. The van der Waals surface area contributed by atoms with Gasteiger partial charge in [0.15, 0.2) is 0 Å². The number of likely N-dealkylation sites (N-methyl/N-ethyl adjacent to an activating group) is 1. The number of hydrogen-bond donors (Lipinski definition) is 1. The third-order valence-corrected chi connectivity index (χ3v) is 4.11. The van der Waals surface area contributed by atoms with E-state index in [9.17, 15) is 9.59 Å². The first kappa shape index (κ1) is 18.9. The number of nitrogens with one attached hydrogen (secondary N) is 1. The molecule has 1 heterocycles. The SMILES string of the molecule is COC(=O)C(CC(C)C)NC(=O)CN1CCCC(N(C)C)C1. The average Bonchev–Trinajstić information content (AvgIpc) is 2.45. The zero-order chi connectivity index (χ0) is 16.7. The molecular weight excluding hydrogens is 282 g/mol. The van der Waals surface area contributed by atoms with E-state index in [-0.39, 0.29) is 11.9 Å². The van der Waals surface area contributed by atoms with Crippen LogP contribution in [0.4, 0.5) is 0 Å². The van der Waals surface area contributed by atoms with Crippen LogP contribution in [-0.4, -0.2) is 74.6 Å². The molecule has 0 aromatic carbocycles. The molecule has 0 spiro atoms. The van der Waals surface area contributed by atoms with Gasteiger partial charge in [-0.3, -0.25) is 9.69 Å². The lowest BCUT2D eigenvalue weighted by Crippen LogP contribution is -2.51. The van der Waals surface area contributed by atoms with E-state index in [1.54, 1.807) is 0 Å². The Hall–Kier alpha value is -1.14. The maximum atomic E-state index is 12.2. The van der Waals surface area contributed by atoms with E-state index < -0.39 is 6.04 Å². The Balaban J connectivity index is 2.50. The first-order valence-electron chi connectivity index (χ1n) is 8.09. The van der Waals surface area contributed by atoms with Crippen molar-refractivity contribution in [2.45, 2.75) is 45.2 Å². The Morgan fingerprint density at radius 3 is 2.59 bits per heavy atom. The molecule has 1 saturated heterocycles. The van der Waals surface area contributed by atoms with Crippen LogP contribution in [-0.2, 0) is 14.3 Å². The number of nitrogens with zero attached hydrogens (tertiary/aromatic N) is 2. The Kier molecular flexibility index (Phi) is 7.82. The molecule has 1 amide bonds. The molecule has 1 rings (SSSR count). The number of hydrogen-bond acceptors (Lipinski definition) is 5. The highest BCUT2D eigenvalue weighted by atomic mass is 16.5. The molecular formula is C16H31N3O3. The lowest BCUT2D eigenvalue weighted by Gasteiger charge is -2.35. The molecule has 1 aliphatic heterocycles. The largest absolute Gasteiger partial charge is 0.467 e. The fourth-order valence-electron chi connectivity index (χ4n) is 2.87. The molecule has 0 saturated carbocycles. The average molecular weight is 313 g/mol. The number of amides is 1. The Bertz CT molecular complexity index is 372. The van der Waals surface area contributed by atoms with Crippen LogP contribution in [0.1, 0.15) is 33.1 Å². The minimum Gasteiger partial charge on any atom is -0.467 e. The van der Waals surface area contributed by atoms with E-state index in [0.717, 1.165) is 19.5 Å². The van der Waals surface area contributed by atoms with Gasteiger partial charge in [0.1, 0.15) is 6.04 Å². The van der Waals surface area contributed by atoms with Crippen molar-refractivity contribution in [3.63, 3.8) is 0 Å². The van der Waals surface area contributed by atoms with Crippen LogP contribution >= 0.6 is 0 Å². The first-order valence-corrected chi connectivity index (χ1v) is 8.09. The summed E-state index contributed by atoms with van der Waals surface area (Å²) in [6.45, 7) is 6.22. The summed E-state index contributed by atoms with van der Waals surface area (Å²) in [7, 11) is 5.50. The van der Waals surface area contributed by atoms with Crippen LogP contribution < -0.4 is 5.32 Å². The van der Waals surface area contributed by atoms with Crippen LogP contribution in [0.15, 0.2) is 0 Å². The van der Waals surface area contributed by atoms with Crippen LogP contribution in [0, 0.1) is 5.92 Å². The van der Waals surface area contributed by atoms with E-state index in [4.69, 9.17) is 4.74 Å². The normalized spacial score (nSPS) is 21.0. The molecule has 0 bridgehead atoms. The molecule has 6 nitrogen and oxygen atoms in total. The highest BCUT2D eigenvalue weighted by molar-refractivity contribution is 5.85. The highest BCUT2D eigenvalue weighted by Gasteiger charge is 2.26. The lowest BCUT2D eigenvalue weighted by molar-refractivity contribution is -0.145. The van der Waals surface area contributed by atoms with Gasteiger partial charge >= 0.3 is 5.97 Å². The summed E-state index contributed by atoms with van der Waals surface area (Å²) < 4.78 is 4.78. The molecule has 1 N–H and O–H groups in total. The van der Waals surface area contributed by atoms with Crippen molar-refractivity contribution in [3.05, 3.63) is 0 Å². The van der Waals surface area contributed by atoms with Gasteiger partial charge in [0, 0.05) is 12.6 Å². The number of methoxy groups -OCH3 is 1. The number of likely N-dealkylation sites (tertiary alicyclic amines) is 1. The second kappa shape index (κ2) is 9.10. The van der Waals surface area contributed by atoms with Crippen LogP contribution in [0.5, 0.6) is 0 Å². The predicted molar refractivity (Wildman–Crippen MR) is 86.6 cm³/mol. The third kappa shape index (κ3) is 6.32. The van der Waals surface area contributed by atoms with Gasteiger partial charge in [0.05, 0.1) is 13.7 Å². The van der Waals surface area contributed by atoms with Gasteiger partial charge in [-0.1, -0.05) is 13.8 Å². The molecule has 1 fully saturated rings. The molecule has 1 aliphatic rings. The van der Waals surface area contributed by atoms with Crippen molar-refractivity contribution < 1.29 is 14.3 Å². The van der Waals surface area contributed by atoms with Gasteiger partial charge in [-0.2, -0.15) is 0 Å². The summed E-state index contributed by atoms with van der Waals surface area (Å²) in [5.74, 6) is -0.153. The van der Waals surface area contributed by atoms with Gasteiger partial charge in [-0.15, -0.1) is 0 Å². The molecule has 128 valence electrons. The minimum atomic E-state index is -0.549. The molecule has 0 aromatic rings. The fourth-order valence-corrected chi connectivity index (χ4v) is 2.87. The monoisotopic (exact) mass is 313 g/mol. The second-order valence-corrected chi connectivity index (χ2v) is 6.77. The van der Waals surface area contributed by atoms with Gasteiger partial charge in [0.2, 0.25) is 5.91 Å². The van der Waals surface area contributed by atoms with E-state index >= 15 is 0 Å². The number of piperidine rings is 1. The predicted octanol–water partition coefficient (Wildman–Crippen LogP) is 0.716. The Morgan fingerprint density at radius 1 is 1.36 bits per heavy atom. The molecule has 6 heteroatoms. The summed E-state index contributed by atoms with van der Waals surface area (Å²) in [5, 5.41) is 2.82. The fraction of sp³-hybridized carbons (Fsp3) is 0.875. The van der Waals surface area contributed by atoms with E-state index in [1.165, 1.54) is 13.5 Å². The van der Waals surface area contributed by atoms with Crippen molar-refractivity contribution in [1.29, 1.82) is 0 Å². The molecule has 2 unspecified atom stereocenters. The van der Waals surface area contributed by atoms with E-state index in [0.29, 0.717) is 24.9 Å². The molecule has 0 aliphatic carbocycles. The van der Waals surface area contributed by atoms with E-state index in [2.05, 4.69) is 29.2 Å². The van der Waals surface area contributed by atoms with Crippen molar-refractivity contribution >= 4 is 11.9 Å².